The van der Waals surface area contributed by atoms with Gasteiger partial charge in [0.1, 0.15) is 22.5 Å². The number of halogens is 7. The molecule has 1 heterocycles. The summed E-state index contributed by atoms with van der Waals surface area (Å²) in [6.07, 6.45) is 0.874. The van der Waals surface area contributed by atoms with Crippen LogP contribution in [0.4, 0.5) is 25.2 Å². The van der Waals surface area contributed by atoms with E-state index >= 15 is 0 Å². The number of nitrogens with two attached hydrogens (primary N) is 1. The van der Waals surface area contributed by atoms with Crippen molar-refractivity contribution in [2.45, 2.75) is 17.1 Å². The molecule has 156 valence electrons. The van der Waals surface area contributed by atoms with Crippen molar-refractivity contribution in [2.24, 2.45) is 0 Å². The molecular weight excluding hydrogens is 474 g/mol. The van der Waals surface area contributed by atoms with Crippen molar-refractivity contribution in [1.82, 2.24) is 9.78 Å². The molecule has 0 spiro atoms. The summed E-state index contributed by atoms with van der Waals surface area (Å²) in [6, 6.07) is 1.52. The van der Waals surface area contributed by atoms with Crippen molar-refractivity contribution in [3.8, 4) is 11.8 Å². The van der Waals surface area contributed by atoms with E-state index in [-0.39, 0.29) is 17.7 Å². The molecule has 1 unspecified atom stereocenters. The van der Waals surface area contributed by atoms with Crippen molar-refractivity contribution in [3.63, 3.8) is 0 Å². The van der Waals surface area contributed by atoms with E-state index in [9.17, 15) is 33.1 Å². The highest BCUT2D eigenvalue weighted by atomic mass is 35.5. The minimum absolute atomic E-state index is 0.0445. The molecule has 0 bridgehead atoms. The summed E-state index contributed by atoms with van der Waals surface area (Å²) in [5, 5.41) is 9.85. The first-order chi connectivity index (χ1) is 12.3. The predicted molar refractivity (Wildman–Crippen MR) is 97.4 cm³/mol. The van der Waals surface area contributed by atoms with E-state index in [2.05, 4.69) is 5.10 Å². The van der Waals surface area contributed by atoms with Crippen LogP contribution in [0.1, 0.15) is 23.4 Å². The second kappa shape index (κ2) is 5.88. The van der Waals surface area contributed by atoms with Crippen LogP contribution in [0.15, 0.2) is 17.0 Å². The molecule has 0 saturated heterocycles. The predicted octanol–water partition coefficient (Wildman–Crippen LogP) is 5.40. The van der Waals surface area contributed by atoms with E-state index < -0.39 is 57.5 Å². The summed E-state index contributed by atoms with van der Waals surface area (Å²) >= 11 is 11.5. The summed E-state index contributed by atoms with van der Waals surface area (Å²) in [5.41, 5.74) is 4.64. The van der Waals surface area contributed by atoms with Gasteiger partial charge in [0.15, 0.2) is 15.5 Å². The monoisotopic (exact) mass is 484 g/mol. The van der Waals surface area contributed by atoms with Crippen molar-refractivity contribution in [3.05, 3.63) is 33.4 Å². The van der Waals surface area contributed by atoms with Crippen molar-refractivity contribution in [2.75, 3.05) is 12.0 Å². The Hall–Kier alpha value is -1.75. The second-order valence-electron chi connectivity index (χ2n) is 5.85. The normalized spacial score (nSPS) is 16.1. The fourth-order valence-corrected chi connectivity index (χ4v) is 4.40. The quantitative estimate of drug-likeness (QED) is 0.585. The Labute approximate surface area is 166 Å². The number of benzene rings is 1. The van der Waals surface area contributed by atoms with Gasteiger partial charge in [0.2, 0.25) is 0 Å². The van der Waals surface area contributed by atoms with Crippen LogP contribution in [0.2, 0.25) is 10.0 Å². The van der Waals surface area contributed by atoms with Gasteiger partial charge in [-0.1, -0.05) is 42.6 Å². The molecule has 6 nitrogen and oxygen atoms in total. The topological polar surface area (TPSA) is 102 Å². The van der Waals surface area contributed by atoms with Crippen LogP contribution in [-0.2, 0) is 9.84 Å². The Morgan fingerprint density at radius 1 is 1.21 bits per heavy atom. The van der Waals surface area contributed by atoms with E-state index in [0.717, 1.165) is 6.26 Å². The van der Waals surface area contributed by atoms with Gasteiger partial charge in [0.05, 0.1) is 20.9 Å². The average molecular weight is 485 g/mol. The molecule has 2 aromatic rings. The lowest BCUT2D eigenvalue weighted by atomic mass is 10.2. The molecule has 0 fully saturated rings. The number of sulfone groups is 1. The van der Waals surface area contributed by atoms with Gasteiger partial charge in [0.25, 0.3) is 0 Å². The van der Waals surface area contributed by atoms with Gasteiger partial charge in [-0.15, -0.1) is 0 Å². The third-order valence-corrected chi connectivity index (χ3v) is 6.98. The molecule has 0 aliphatic rings. The highest BCUT2D eigenvalue weighted by Gasteiger charge is 2.65. The average Bonchev–Trinajstić information content (AvgIpc) is 2.79. The molecule has 15 heteroatoms. The highest BCUT2D eigenvalue weighted by Crippen LogP contribution is 3.02. The smallest absolute Gasteiger partial charge is 0.310 e. The third-order valence-electron chi connectivity index (χ3n) is 3.76. The zero-order valence-electron chi connectivity index (χ0n) is 13.9. The van der Waals surface area contributed by atoms with Gasteiger partial charge in [-0.25, -0.2) is 13.1 Å². The number of anilines is 1. The fraction of sp³-hybridized carbons (Fsp3) is 0.231. The maximum absolute atomic E-state index is 13.0. The molecule has 1 atom stereocenters. The fourth-order valence-electron chi connectivity index (χ4n) is 2.28. The molecule has 28 heavy (non-hydrogen) atoms. The number of rotatable bonds is 4. The first kappa shape index (κ1) is 22.5. The van der Waals surface area contributed by atoms with Gasteiger partial charge in [-0.3, -0.25) is 0 Å². The molecule has 0 aliphatic heterocycles. The summed E-state index contributed by atoms with van der Waals surface area (Å²) in [7, 11) is -13.8. The molecule has 0 aliphatic carbocycles. The number of nitriles is 1. The zero-order valence-corrected chi connectivity index (χ0v) is 17.1. The molecule has 2 N–H and O–H groups in total. The maximum Gasteiger partial charge on any atom is 0.310 e. The van der Waals surface area contributed by atoms with E-state index in [1.807, 2.05) is 0 Å². The minimum Gasteiger partial charge on any atom is -0.383 e. The number of aromatic nitrogens is 2. The Morgan fingerprint density at radius 3 is 2.04 bits per heavy atom. The van der Waals surface area contributed by atoms with Crippen LogP contribution < -0.4 is 5.73 Å². The van der Waals surface area contributed by atoms with Crippen LogP contribution >= 0.6 is 33.4 Å². The van der Waals surface area contributed by atoms with E-state index in [1.54, 1.807) is 6.07 Å². The zero-order chi connectivity index (χ0) is 21.9. The Kier molecular flexibility index (Phi) is 4.73. The summed E-state index contributed by atoms with van der Waals surface area (Å²) in [5.74, 6) is -0.446. The highest BCUT2D eigenvalue weighted by molar-refractivity contribution is 8.45. The lowest BCUT2D eigenvalue weighted by Gasteiger charge is -2.40. The molecule has 1 aromatic heterocycles. The van der Waals surface area contributed by atoms with Crippen molar-refractivity contribution < 1.29 is 27.8 Å². The largest absolute Gasteiger partial charge is 0.383 e. The third kappa shape index (κ3) is 4.14. The van der Waals surface area contributed by atoms with Crippen LogP contribution in [0.3, 0.4) is 0 Å². The van der Waals surface area contributed by atoms with Gasteiger partial charge in [-0.05, 0) is 19.1 Å². The molecule has 0 radical (unpaired) electrons. The Bertz CT molecular complexity index is 1120. The lowest BCUT2D eigenvalue weighted by molar-refractivity contribution is 0.364. The number of hydrogen-bond donors (Lipinski definition) is 1. The number of nitrogen functional groups attached to an aromatic ring is 1. The van der Waals surface area contributed by atoms with Gasteiger partial charge >= 0.3 is 10.2 Å². The van der Waals surface area contributed by atoms with Crippen LogP contribution in [-0.4, -0.2) is 24.5 Å². The number of nitrogens with zero attached hydrogens (tertiary/aromatic N) is 3. The first-order valence-corrected chi connectivity index (χ1v) is 11.6. The SMILES string of the molecule is CC(c1c(C#N)nn(-c2c(Cl)cc(S(F)(F)(F)(F)F)cc2Cl)c1N)S(C)(=O)=O. The number of hydrogen-bond acceptors (Lipinski definition) is 5. The Balaban J connectivity index is 2.82. The van der Waals surface area contributed by atoms with Crippen molar-refractivity contribution in [1.29, 1.82) is 5.26 Å². The van der Waals surface area contributed by atoms with Gasteiger partial charge in [-0.2, -0.15) is 10.4 Å². The molecule has 0 amide bonds. The molecule has 1 aromatic carbocycles. The van der Waals surface area contributed by atoms with Crippen molar-refractivity contribution >= 4 is 49.1 Å². The van der Waals surface area contributed by atoms with Gasteiger partial charge < -0.3 is 5.73 Å². The molecule has 0 saturated carbocycles. The standard InChI is InChI=1S/C13H11Cl2F5N4O2S2/c1-6(27(2,25)26)11-10(5-21)23-24(13(11)22)12-8(14)3-7(4-9(12)15)28(16,17,18,19)20/h3-4,6H,22H2,1-2H3. The first-order valence-electron chi connectivity index (χ1n) is 6.98. The van der Waals surface area contributed by atoms with Crippen LogP contribution in [0.5, 0.6) is 0 Å². The van der Waals surface area contributed by atoms with E-state index in [4.69, 9.17) is 28.9 Å². The summed E-state index contributed by atoms with van der Waals surface area (Å²) in [4.78, 5) is -2.32. The van der Waals surface area contributed by atoms with E-state index in [0.29, 0.717) is 4.68 Å². The maximum atomic E-state index is 13.0. The van der Waals surface area contributed by atoms with E-state index in [1.165, 1.54) is 6.92 Å². The van der Waals surface area contributed by atoms with Gasteiger partial charge in [0, 0.05) is 6.26 Å². The lowest BCUT2D eigenvalue weighted by Crippen LogP contribution is -2.12. The van der Waals surface area contributed by atoms with Crippen LogP contribution in [0.25, 0.3) is 5.69 Å². The van der Waals surface area contributed by atoms with Crippen LogP contribution in [0, 0.1) is 11.3 Å². The second-order valence-corrected chi connectivity index (χ2v) is 11.4. The molecule has 2 rings (SSSR count). The summed E-state index contributed by atoms with van der Waals surface area (Å²) < 4.78 is 89.3. The Morgan fingerprint density at radius 2 is 1.68 bits per heavy atom. The summed E-state index contributed by atoms with van der Waals surface area (Å²) in [6.45, 7) is 1.22. The minimum atomic E-state index is -10.1. The molecular formula is C13H11Cl2F5N4O2S2.